The fourth-order valence-electron chi connectivity index (χ4n) is 4.47. The molecule has 0 aliphatic carbocycles. The van der Waals surface area contributed by atoms with E-state index in [2.05, 4.69) is 15.6 Å². The summed E-state index contributed by atoms with van der Waals surface area (Å²) in [7, 11) is 0. The maximum Gasteiger partial charge on any atom is 0.417 e. The first-order valence-electron chi connectivity index (χ1n) is 10.4. The Bertz CT molecular complexity index is 1060. The van der Waals surface area contributed by atoms with E-state index in [1.807, 2.05) is 23.3 Å². The normalized spacial score (nSPS) is 21.1. The van der Waals surface area contributed by atoms with E-state index >= 15 is 0 Å². The Labute approximate surface area is 198 Å². The summed E-state index contributed by atoms with van der Waals surface area (Å²) in [4.78, 5) is 7.15. The highest BCUT2D eigenvalue weighted by molar-refractivity contribution is 7.98. The monoisotopic (exact) mass is 495 g/mol. The third-order valence-electron chi connectivity index (χ3n) is 6.02. The molecule has 11 heteroatoms. The van der Waals surface area contributed by atoms with Gasteiger partial charge in [-0.3, -0.25) is 0 Å². The minimum atomic E-state index is -4.69. The molecule has 4 rings (SSSR count). The number of hydrogen-bond acceptors (Lipinski definition) is 7. The molecular formula is C22H24F3N5OS2. The highest BCUT2D eigenvalue weighted by atomic mass is 32.2. The summed E-state index contributed by atoms with van der Waals surface area (Å²) in [6, 6.07) is 8.11. The number of aromatic nitrogens is 1. The topological polar surface area (TPSA) is 87.0 Å². The molecule has 1 aromatic heterocycles. The van der Waals surface area contributed by atoms with Gasteiger partial charge in [-0.05, 0) is 36.3 Å². The van der Waals surface area contributed by atoms with E-state index in [-0.39, 0.29) is 11.6 Å². The lowest BCUT2D eigenvalue weighted by atomic mass is 10.0. The van der Waals surface area contributed by atoms with E-state index in [0.717, 1.165) is 29.6 Å². The zero-order valence-electron chi connectivity index (χ0n) is 18.2. The molecule has 33 heavy (non-hydrogen) atoms. The zero-order chi connectivity index (χ0) is 23.8. The van der Waals surface area contributed by atoms with Crippen molar-refractivity contribution < 1.29 is 17.7 Å². The Kier molecular flexibility index (Phi) is 7.00. The average molecular weight is 496 g/mol. The summed E-state index contributed by atoms with van der Waals surface area (Å²) in [6.45, 7) is 2.94. The van der Waals surface area contributed by atoms with Gasteiger partial charge in [-0.15, -0.1) is 11.8 Å². The molecule has 3 heterocycles. The number of alkyl halides is 3. The quantitative estimate of drug-likeness (QED) is 0.463. The van der Waals surface area contributed by atoms with Crippen molar-refractivity contribution in [1.82, 2.24) is 10.3 Å². The number of anilines is 3. The summed E-state index contributed by atoms with van der Waals surface area (Å²) in [5.41, 5.74) is -0.225. The molecule has 1 unspecified atom stereocenters. The Balaban J connectivity index is 1.76. The summed E-state index contributed by atoms with van der Waals surface area (Å²) >= 11 is 0.345. The Morgan fingerprint density at radius 2 is 2.00 bits per heavy atom. The molecule has 2 saturated heterocycles. The minimum absolute atomic E-state index is 0.123. The number of thioether (sulfide) groups is 1. The van der Waals surface area contributed by atoms with Crippen LogP contribution >= 0.6 is 11.8 Å². The smallest absolute Gasteiger partial charge is 0.417 e. The van der Waals surface area contributed by atoms with Crippen LogP contribution in [0.15, 0.2) is 29.2 Å². The van der Waals surface area contributed by atoms with Crippen LogP contribution in [-0.4, -0.2) is 48.2 Å². The molecule has 0 amide bonds. The Morgan fingerprint density at radius 3 is 2.58 bits per heavy atom. The molecule has 1 aromatic carbocycles. The van der Waals surface area contributed by atoms with Crippen LogP contribution in [0, 0.1) is 23.2 Å². The predicted molar refractivity (Wildman–Crippen MR) is 125 cm³/mol. The van der Waals surface area contributed by atoms with Gasteiger partial charge in [0.05, 0.1) is 17.5 Å². The molecule has 2 aliphatic rings. The van der Waals surface area contributed by atoms with Crippen molar-refractivity contribution in [2.24, 2.45) is 11.8 Å². The van der Waals surface area contributed by atoms with E-state index in [4.69, 9.17) is 0 Å². The lowest BCUT2D eigenvalue weighted by molar-refractivity contribution is -0.137. The molecule has 3 atom stereocenters. The van der Waals surface area contributed by atoms with Gasteiger partial charge in [0.15, 0.2) is 5.82 Å². The van der Waals surface area contributed by atoms with Gasteiger partial charge in [0, 0.05) is 36.6 Å². The number of hydrogen-bond donors (Lipinski definition) is 2. The van der Waals surface area contributed by atoms with E-state index in [9.17, 15) is 23.0 Å². The molecule has 2 N–H and O–H groups in total. The number of halogens is 3. The van der Waals surface area contributed by atoms with Gasteiger partial charge < -0.3 is 20.1 Å². The van der Waals surface area contributed by atoms with Crippen LogP contribution < -0.4 is 15.5 Å². The third kappa shape index (κ3) is 5.19. The molecule has 0 bridgehead atoms. The standard InChI is InChI=1S/C22H24F3N5OS2/c1-32-19-4-3-13(12-33(2)31)5-18(19)28-21-16(7-26)17(22(23,24)25)6-20(29-21)30-10-14-8-27-9-15(14)11-30/h3-6,14-15,27H,8-12H2,1-2H3,(H,28,29)/t14-,15+,33?. The largest absolute Gasteiger partial charge is 0.616 e. The highest BCUT2D eigenvalue weighted by Crippen LogP contribution is 2.40. The van der Waals surface area contributed by atoms with Crippen molar-refractivity contribution in [1.29, 1.82) is 5.26 Å². The second-order valence-electron chi connectivity index (χ2n) is 8.32. The van der Waals surface area contributed by atoms with E-state index in [0.29, 0.717) is 36.4 Å². The van der Waals surface area contributed by atoms with Crippen molar-refractivity contribution >= 4 is 40.3 Å². The lowest BCUT2D eigenvalue weighted by Crippen LogP contribution is -2.27. The second kappa shape index (κ2) is 9.62. The molecular weight excluding hydrogens is 471 g/mol. The number of nitriles is 1. The summed E-state index contributed by atoms with van der Waals surface area (Å²) < 4.78 is 53.5. The van der Waals surface area contributed by atoms with Crippen LogP contribution in [0.5, 0.6) is 0 Å². The van der Waals surface area contributed by atoms with Gasteiger partial charge >= 0.3 is 6.18 Å². The average Bonchev–Trinajstić information content (AvgIpc) is 3.35. The molecule has 2 aliphatic heterocycles. The van der Waals surface area contributed by atoms with Crippen molar-refractivity contribution in [2.45, 2.75) is 16.8 Å². The van der Waals surface area contributed by atoms with E-state index in [1.54, 1.807) is 18.4 Å². The molecule has 0 saturated carbocycles. The zero-order valence-corrected chi connectivity index (χ0v) is 19.8. The molecule has 6 nitrogen and oxygen atoms in total. The molecule has 0 radical (unpaired) electrons. The van der Waals surface area contributed by atoms with Crippen molar-refractivity contribution in [2.75, 3.05) is 48.9 Å². The van der Waals surface area contributed by atoms with Gasteiger partial charge in [0.25, 0.3) is 0 Å². The van der Waals surface area contributed by atoms with Crippen LogP contribution in [0.2, 0.25) is 0 Å². The maximum atomic E-state index is 13.9. The first-order valence-corrected chi connectivity index (χ1v) is 13.4. The number of nitrogens with one attached hydrogen (secondary N) is 2. The van der Waals surface area contributed by atoms with Gasteiger partial charge in [0.1, 0.15) is 23.2 Å². The number of pyridine rings is 1. The number of nitrogens with zero attached hydrogens (tertiary/aromatic N) is 3. The van der Waals surface area contributed by atoms with Crippen molar-refractivity contribution in [3.05, 3.63) is 41.0 Å². The maximum absolute atomic E-state index is 13.9. The third-order valence-corrected chi connectivity index (χ3v) is 7.56. The predicted octanol–water partition coefficient (Wildman–Crippen LogP) is 3.97. The van der Waals surface area contributed by atoms with E-state index < -0.39 is 28.5 Å². The summed E-state index contributed by atoms with van der Waals surface area (Å²) in [5.74, 6) is 1.17. The van der Waals surface area contributed by atoms with Crippen LogP contribution in [0.4, 0.5) is 30.5 Å². The Hall–Kier alpha value is -2.13. The summed E-state index contributed by atoms with van der Waals surface area (Å²) in [5, 5.41) is 15.9. The number of rotatable bonds is 6. The summed E-state index contributed by atoms with van der Waals surface area (Å²) in [6.07, 6.45) is -1.25. The van der Waals surface area contributed by atoms with Gasteiger partial charge in [-0.1, -0.05) is 17.2 Å². The van der Waals surface area contributed by atoms with Crippen molar-refractivity contribution in [3.8, 4) is 6.07 Å². The SMILES string of the molecule is CSc1ccc(C[S+](C)[O-])cc1Nc1nc(N2C[C@H]3CNC[C@H]3C2)cc(C(F)(F)F)c1C#N. The highest BCUT2D eigenvalue weighted by Gasteiger charge is 2.40. The van der Waals surface area contributed by atoms with E-state index in [1.165, 1.54) is 11.8 Å². The van der Waals surface area contributed by atoms with Crippen molar-refractivity contribution in [3.63, 3.8) is 0 Å². The fraction of sp³-hybridized carbons (Fsp3) is 0.455. The van der Waals surface area contributed by atoms with Crippen LogP contribution in [0.25, 0.3) is 0 Å². The number of benzene rings is 1. The molecule has 2 aromatic rings. The fourth-order valence-corrected chi connectivity index (χ4v) is 5.65. The number of fused-ring (bicyclic) bond motifs is 1. The second-order valence-corrected chi connectivity index (χ2v) is 10.6. The molecule has 176 valence electrons. The Morgan fingerprint density at radius 1 is 1.30 bits per heavy atom. The van der Waals surface area contributed by atoms with Gasteiger partial charge in [-0.2, -0.15) is 18.4 Å². The molecule has 0 spiro atoms. The lowest BCUT2D eigenvalue weighted by Gasteiger charge is -2.23. The van der Waals surface area contributed by atoms with Crippen LogP contribution in [0.1, 0.15) is 16.7 Å². The van der Waals surface area contributed by atoms with Crippen LogP contribution in [0.3, 0.4) is 0 Å². The van der Waals surface area contributed by atoms with Gasteiger partial charge in [-0.25, -0.2) is 4.98 Å². The minimum Gasteiger partial charge on any atom is -0.616 e. The first kappa shape index (κ1) is 24.0. The molecule has 2 fully saturated rings. The van der Waals surface area contributed by atoms with Gasteiger partial charge in [0.2, 0.25) is 0 Å². The van der Waals surface area contributed by atoms with Crippen LogP contribution in [-0.2, 0) is 23.1 Å². The first-order chi connectivity index (χ1) is 15.7.